The Labute approximate surface area is 125 Å². The molecule has 0 aromatic heterocycles. The summed E-state index contributed by atoms with van der Waals surface area (Å²) in [5.74, 6) is 5.21. The van der Waals surface area contributed by atoms with Gasteiger partial charge >= 0.3 is 0 Å². The Bertz CT molecular complexity index is 511. The second-order valence-corrected chi connectivity index (χ2v) is 5.88. The normalized spacial score (nSPS) is 18.7. The van der Waals surface area contributed by atoms with Crippen molar-refractivity contribution >= 4 is 11.8 Å². The first kappa shape index (κ1) is 15.5. The fourth-order valence-electron chi connectivity index (χ4n) is 2.69. The third-order valence-corrected chi connectivity index (χ3v) is 4.05. The number of nitrogens with two attached hydrogens (primary N) is 1. The van der Waals surface area contributed by atoms with E-state index in [-0.39, 0.29) is 17.7 Å². The summed E-state index contributed by atoms with van der Waals surface area (Å²) in [7, 11) is 0. The van der Waals surface area contributed by atoms with Crippen molar-refractivity contribution in [1.82, 2.24) is 10.3 Å². The summed E-state index contributed by atoms with van der Waals surface area (Å²) >= 11 is 0. The Morgan fingerprint density at radius 2 is 1.95 bits per heavy atom. The Hall–Kier alpha value is -1.88. The number of amides is 2. The molecule has 0 saturated carbocycles. The second-order valence-electron chi connectivity index (χ2n) is 5.88. The molecule has 1 aliphatic rings. The summed E-state index contributed by atoms with van der Waals surface area (Å²) in [6.07, 6.45) is 1.60. The van der Waals surface area contributed by atoms with E-state index in [9.17, 15) is 9.59 Å². The molecule has 1 heterocycles. The van der Waals surface area contributed by atoms with Gasteiger partial charge in [-0.3, -0.25) is 15.0 Å². The number of hydrogen-bond donors (Lipinski definition) is 2. The van der Waals surface area contributed by atoms with E-state index in [0.717, 1.165) is 12.8 Å². The van der Waals surface area contributed by atoms with Gasteiger partial charge in [0.15, 0.2) is 0 Å². The standard InChI is InChI=1S/C16H23N3O2/c1-11(2)12-5-7-13(8-6-12)16(21)19-9-3-4-14(10-19)15(20)18-17/h5-8,11,14H,3-4,9-10,17H2,1-2H3,(H,18,20). The molecule has 0 aliphatic carbocycles. The van der Waals surface area contributed by atoms with Crippen LogP contribution in [0.5, 0.6) is 0 Å². The molecule has 0 spiro atoms. The van der Waals surface area contributed by atoms with Crippen molar-refractivity contribution in [3.05, 3.63) is 35.4 Å². The van der Waals surface area contributed by atoms with Gasteiger partial charge in [0, 0.05) is 18.7 Å². The summed E-state index contributed by atoms with van der Waals surface area (Å²) in [5, 5.41) is 0. The highest BCUT2D eigenvalue weighted by Crippen LogP contribution is 2.20. The summed E-state index contributed by atoms with van der Waals surface area (Å²) in [6.45, 7) is 5.38. The van der Waals surface area contributed by atoms with Crippen LogP contribution in [0, 0.1) is 5.92 Å². The monoisotopic (exact) mass is 289 g/mol. The van der Waals surface area contributed by atoms with Gasteiger partial charge in [-0.15, -0.1) is 0 Å². The van der Waals surface area contributed by atoms with Crippen LogP contribution >= 0.6 is 0 Å². The largest absolute Gasteiger partial charge is 0.338 e. The van der Waals surface area contributed by atoms with E-state index < -0.39 is 0 Å². The SMILES string of the molecule is CC(C)c1ccc(C(=O)N2CCCC(C(=O)NN)C2)cc1. The molecule has 1 aromatic rings. The first-order valence-electron chi connectivity index (χ1n) is 7.42. The van der Waals surface area contributed by atoms with Crippen LogP contribution in [-0.2, 0) is 4.79 Å². The maximum absolute atomic E-state index is 12.5. The van der Waals surface area contributed by atoms with Crippen LogP contribution in [-0.4, -0.2) is 29.8 Å². The van der Waals surface area contributed by atoms with E-state index in [1.807, 2.05) is 24.3 Å². The number of likely N-dealkylation sites (tertiary alicyclic amines) is 1. The van der Waals surface area contributed by atoms with Gasteiger partial charge in [-0.05, 0) is 36.5 Å². The fourth-order valence-corrected chi connectivity index (χ4v) is 2.69. The summed E-state index contributed by atoms with van der Waals surface area (Å²) in [4.78, 5) is 25.9. The fraction of sp³-hybridized carbons (Fsp3) is 0.500. The smallest absolute Gasteiger partial charge is 0.253 e. The lowest BCUT2D eigenvalue weighted by Crippen LogP contribution is -2.47. The lowest BCUT2D eigenvalue weighted by Gasteiger charge is -2.31. The van der Waals surface area contributed by atoms with Crippen molar-refractivity contribution in [3.63, 3.8) is 0 Å². The minimum absolute atomic E-state index is 0.0140. The molecule has 3 N–H and O–H groups in total. The predicted octanol–water partition coefficient (Wildman–Crippen LogP) is 1.65. The third kappa shape index (κ3) is 3.61. The molecule has 114 valence electrons. The zero-order valence-electron chi connectivity index (χ0n) is 12.6. The molecular formula is C16H23N3O2. The van der Waals surface area contributed by atoms with Gasteiger partial charge in [-0.25, -0.2) is 5.84 Å². The number of piperidine rings is 1. The number of rotatable bonds is 3. The van der Waals surface area contributed by atoms with Gasteiger partial charge in [0.2, 0.25) is 5.91 Å². The average Bonchev–Trinajstić information content (AvgIpc) is 2.53. The number of carbonyl (C=O) groups is 2. The number of nitrogens with one attached hydrogen (secondary N) is 1. The van der Waals surface area contributed by atoms with Crippen LogP contribution in [0.1, 0.15) is 48.5 Å². The molecule has 1 saturated heterocycles. The van der Waals surface area contributed by atoms with Crippen LogP contribution in [0.25, 0.3) is 0 Å². The van der Waals surface area contributed by atoms with E-state index in [0.29, 0.717) is 24.6 Å². The quantitative estimate of drug-likeness (QED) is 0.505. The molecule has 1 unspecified atom stereocenters. The first-order chi connectivity index (χ1) is 10.0. The van der Waals surface area contributed by atoms with E-state index in [2.05, 4.69) is 19.3 Å². The third-order valence-electron chi connectivity index (χ3n) is 4.05. The summed E-state index contributed by atoms with van der Waals surface area (Å²) < 4.78 is 0. The van der Waals surface area contributed by atoms with Crippen LogP contribution in [0.3, 0.4) is 0 Å². The van der Waals surface area contributed by atoms with Crippen molar-refractivity contribution < 1.29 is 9.59 Å². The average molecular weight is 289 g/mol. The Morgan fingerprint density at radius 3 is 2.52 bits per heavy atom. The van der Waals surface area contributed by atoms with Crippen LogP contribution in [0.4, 0.5) is 0 Å². The van der Waals surface area contributed by atoms with Crippen LogP contribution in [0.2, 0.25) is 0 Å². The number of nitrogens with zero attached hydrogens (tertiary/aromatic N) is 1. The predicted molar refractivity (Wildman–Crippen MR) is 81.5 cm³/mol. The number of hydrazine groups is 1. The molecule has 1 aromatic carbocycles. The Balaban J connectivity index is 2.06. The highest BCUT2D eigenvalue weighted by atomic mass is 16.2. The molecule has 21 heavy (non-hydrogen) atoms. The molecule has 0 radical (unpaired) electrons. The summed E-state index contributed by atoms with van der Waals surface area (Å²) in [6, 6.07) is 7.71. The van der Waals surface area contributed by atoms with Crippen molar-refractivity contribution in [1.29, 1.82) is 0 Å². The maximum atomic E-state index is 12.5. The summed E-state index contributed by atoms with van der Waals surface area (Å²) in [5.41, 5.74) is 4.06. The first-order valence-corrected chi connectivity index (χ1v) is 7.42. The van der Waals surface area contributed by atoms with Crippen LogP contribution < -0.4 is 11.3 Å². The van der Waals surface area contributed by atoms with E-state index in [4.69, 9.17) is 5.84 Å². The van der Waals surface area contributed by atoms with Gasteiger partial charge < -0.3 is 4.90 Å². The van der Waals surface area contributed by atoms with E-state index in [1.165, 1.54) is 5.56 Å². The topological polar surface area (TPSA) is 75.4 Å². The zero-order chi connectivity index (χ0) is 15.4. The van der Waals surface area contributed by atoms with Crippen molar-refractivity contribution in [3.8, 4) is 0 Å². The van der Waals surface area contributed by atoms with Gasteiger partial charge in [-0.2, -0.15) is 0 Å². The molecule has 2 amide bonds. The van der Waals surface area contributed by atoms with E-state index >= 15 is 0 Å². The zero-order valence-corrected chi connectivity index (χ0v) is 12.6. The van der Waals surface area contributed by atoms with Gasteiger partial charge in [-0.1, -0.05) is 26.0 Å². The second kappa shape index (κ2) is 6.72. The van der Waals surface area contributed by atoms with E-state index in [1.54, 1.807) is 4.90 Å². The van der Waals surface area contributed by atoms with Gasteiger partial charge in [0.25, 0.3) is 5.91 Å². The molecular weight excluding hydrogens is 266 g/mol. The molecule has 0 bridgehead atoms. The Morgan fingerprint density at radius 1 is 1.29 bits per heavy atom. The van der Waals surface area contributed by atoms with Crippen molar-refractivity contribution in [2.45, 2.75) is 32.6 Å². The van der Waals surface area contributed by atoms with Gasteiger partial charge in [0.05, 0.1) is 5.92 Å². The lowest BCUT2D eigenvalue weighted by atomic mass is 9.96. The highest BCUT2D eigenvalue weighted by Gasteiger charge is 2.28. The molecule has 5 heteroatoms. The number of benzene rings is 1. The molecule has 5 nitrogen and oxygen atoms in total. The number of carbonyl (C=O) groups excluding carboxylic acids is 2. The minimum atomic E-state index is -0.206. The van der Waals surface area contributed by atoms with Gasteiger partial charge in [0.1, 0.15) is 0 Å². The molecule has 1 aliphatic heterocycles. The molecule has 2 rings (SSSR count). The maximum Gasteiger partial charge on any atom is 0.253 e. The molecule has 1 atom stereocenters. The number of hydrogen-bond acceptors (Lipinski definition) is 3. The van der Waals surface area contributed by atoms with Crippen molar-refractivity contribution in [2.75, 3.05) is 13.1 Å². The minimum Gasteiger partial charge on any atom is -0.338 e. The van der Waals surface area contributed by atoms with Crippen LogP contribution in [0.15, 0.2) is 24.3 Å². The highest BCUT2D eigenvalue weighted by molar-refractivity contribution is 5.94. The Kier molecular flexibility index (Phi) is 4.96. The van der Waals surface area contributed by atoms with Crippen molar-refractivity contribution in [2.24, 2.45) is 11.8 Å². The molecule has 1 fully saturated rings. The lowest BCUT2D eigenvalue weighted by molar-refractivity contribution is -0.126.